The molecule has 88 valence electrons. The van der Waals surface area contributed by atoms with E-state index < -0.39 is 12.1 Å². The summed E-state index contributed by atoms with van der Waals surface area (Å²) < 4.78 is 5.16. The van der Waals surface area contributed by atoms with E-state index in [4.69, 9.17) is 4.74 Å². The molecular weight excluding hydrogens is 218 g/mol. The van der Waals surface area contributed by atoms with Gasteiger partial charge in [-0.05, 0) is 18.6 Å². The van der Waals surface area contributed by atoms with Crippen molar-refractivity contribution in [1.82, 2.24) is 4.98 Å². The minimum Gasteiger partial charge on any atom is -0.424 e. The van der Waals surface area contributed by atoms with E-state index in [0.29, 0.717) is 12.2 Å². The van der Waals surface area contributed by atoms with Gasteiger partial charge in [-0.3, -0.25) is 4.98 Å². The number of ether oxygens (including phenoxy) is 1. The van der Waals surface area contributed by atoms with Crippen LogP contribution in [0.5, 0.6) is 5.75 Å². The number of carbonyl (C=O) groups is 1. The Hall–Kier alpha value is -1.94. The largest absolute Gasteiger partial charge is 0.424 e. The molecule has 0 amide bonds. The van der Waals surface area contributed by atoms with Gasteiger partial charge in [0.05, 0.1) is 0 Å². The van der Waals surface area contributed by atoms with Crippen LogP contribution in [0.2, 0.25) is 0 Å². The number of carbonyl (C=O) groups excluding carboxylic acids is 1. The first-order valence-corrected chi connectivity index (χ1v) is 5.45. The van der Waals surface area contributed by atoms with Gasteiger partial charge in [0.15, 0.2) is 6.10 Å². The fraction of sp³-hybridized carbons (Fsp3) is 0.231. The van der Waals surface area contributed by atoms with Crippen molar-refractivity contribution in [3.05, 3.63) is 36.7 Å². The van der Waals surface area contributed by atoms with Gasteiger partial charge in [-0.1, -0.05) is 19.1 Å². The molecule has 1 aromatic carbocycles. The number of esters is 1. The minimum absolute atomic E-state index is 0.338. The first-order chi connectivity index (χ1) is 8.22. The molecule has 1 heterocycles. The third kappa shape index (κ3) is 2.42. The Kier molecular flexibility index (Phi) is 3.35. The SMILES string of the molecule is CCC(O)C(=O)Oc1cccc2cnccc12. The summed E-state index contributed by atoms with van der Waals surface area (Å²) in [5, 5.41) is 11.1. The summed E-state index contributed by atoms with van der Waals surface area (Å²) in [6.45, 7) is 1.72. The van der Waals surface area contributed by atoms with Crippen molar-refractivity contribution in [2.24, 2.45) is 0 Å². The van der Waals surface area contributed by atoms with Gasteiger partial charge in [-0.25, -0.2) is 4.79 Å². The Labute approximate surface area is 98.9 Å². The molecule has 0 saturated heterocycles. The molecule has 0 spiro atoms. The second-order valence-electron chi connectivity index (χ2n) is 3.70. The van der Waals surface area contributed by atoms with Gasteiger partial charge in [-0.15, -0.1) is 0 Å². The number of fused-ring (bicyclic) bond motifs is 1. The standard InChI is InChI=1S/C13H13NO3/c1-2-11(15)13(16)17-12-5-3-4-9-8-14-7-6-10(9)12/h3-8,11,15H,2H2,1H3. The van der Waals surface area contributed by atoms with Crippen LogP contribution in [0, 0.1) is 0 Å². The lowest BCUT2D eigenvalue weighted by atomic mass is 10.1. The summed E-state index contributed by atoms with van der Waals surface area (Å²) in [5.41, 5.74) is 0. The van der Waals surface area contributed by atoms with Crippen molar-refractivity contribution >= 4 is 16.7 Å². The van der Waals surface area contributed by atoms with Crippen LogP contribution in [0.15, 0.2) is 36.7 Å². The molecule has 4 heteroatoms. The number of benzene rings is 1. The molecule has 2 aromatic rings. The van der Waals surface area contributed by atoms with Crippen LogP contribution in [-0.4, -0.2) is 22.2 Å². The zero-order valence-corrected chi connectivity index (χ0v) is 9.46. The van der Waals surface area contributed by atoms with Crippen LogP contribution in [0.3, 0.4) is 0 Å². The second-order valence-corrected chi connectivity index (χ2v) is 3.70. The summed E-state index contributed by atoms with van der Waals surface area (Å²) in [4.78, 5) is 15.5. The molecule has 0 bridgehead atoms. The van der Waals surface area contributed by atoms with E-state index in [1.54, 1.807) is 37.5 Å². The van der Waals surface area contributed by atoms with Crippen LogP contribution in [-0.2, 0) is 4.79 Å². The smallest absolute Gasteiger partial charge is 0.340 e. The van der Waals surface area contributed by atoms with Gasteiger partial charge >= 0.3 is 5.97 Å². The maximum Gasteiger partial charge on any atom is 0.340 e. The monoisotopic (exact) mass is 231 g/mol. The van der Waals surface area contributed by atoms with Crippen molar-refractivity contribution in [3.63, 3.8) is 0 Å². The minimum atomic E-state index is -1.08. The molecule has 2 rings (SSSR count). The average Bonchev–Trinajstić information content (AvgIpc) is 2.38. The lowest BCUT2D eigenvalue weighted by molar-refractivity contribution is -0.143. The zero-order chi connectivity index (χ0) is 12.3. The van der Waals surface area contributed by atoms with Crippen molar-refractivity contribution < 1.29 is 14.6 Å². The molecule has 0 fully saturated rings. The van der Waals surface area contributed by atoms with Gasteiger partial charge in [-0.2, -0.15) is 0 Å². The molecule has 1 aromatic heterocycles. The molecule has 17 heavy (non-hydrogen) atoms. The van der Waals surface area contributed by atoms with E-state index in [2.05, 4.69) is 4.98 Å². The topological polar surface area (TPSA) is 59.4 Å². The molecule has 1 N–H and O–H groups in total. The fourth-order valence-corrected chi connectivity index (χ4v) is 1.52. The maximum absolute atomic E-state index is 11.5. The molecule has 0 aliphatic carbocycles. The first-order valence-electron chi connectivity index (χ1n) is 5.45. The Morgan fingerprint density at radius 3 is 3.06 bits per heavy atom. The summed E-state index contributed by atoms with van der Waals surface area (Å²) in [5.74, 6) is -0.181. The first kappa shape index (κ1) is 11.5. The molecule has 0 aliphatic rings. The van der Waals surface area contributed by atoms with Crippen LogP contribution in [0.1, 0.15) is 13.3 Å². The highest BCUT2D eigenvalue weighted by Gasteiger charge is 2.16. The maximum atomic E-state index is 11.5. The number of nitrogens with zero attached hydrogens (tertiary/aromatic N) is 1. The van der Waals surface area contributed by atoms with Crippen LogP contribution in [0.25, 0.3) is 10.8 Å². The molecule has 0 saturated carbocycles. The van der Waals surface area contributed by atoms with E-state index >= 15 is 0 Å². The highest BCUT2D eigenvalue weighted by Crippen LogP contribution is 2.24. The number of aliphatic hydroxyl groups excluding tert-OH is 1. The fourth-order valence-electron chi connectivity index (χ4n) is 1.52. The zero-order valence-electron chi connectivity index (χ0n) is 9.46. The summed E-state index contributed by atoms with van der Waals surface area (Å²) in [6, 6.07) is 7.14. The molecule has 1 atom stereocenters. The van der Waals surface area contributed by atoms with Crippen LogP contribution < -0.4 is 4.74 Å². The lowest BCUT2D eigenvalue weighted by Crippen LogP contribution is -2.24. The van der Waals surface area contributed by atoms with Gasteiger partial charge in [0.1, 0.15) is 5.75 Å². The van der Waals surface area contributed by atoms with E-state index in [-0.39, 0.29) is 0 Å². The Balaban J connectivity index is 2.33. The highest BCUT2D eigenvalue weighted by molar-refractivity contribution is 5.90. The highest BCUT2D eigenvalue weighted by atomic mass is 16.5. The van der Waals surface area contributed by atoms with Crippen LogP contribution >= 0.6 is 0 Å². The van der Waals surface area contributed by atoms with Crippen molar-refractivity contribution in [2.45, 2.75) is 19.4 Å². The third-order valence-corrected chi connectivity index (χ3v) is 2.51. The van der Waals surface area contributed by atoms with Gasteiger partial charge in [0, 0.05) is 23.2 Å². The van der Waals surface area contributed by atoms with Crippen molar-refractivity contribution in [2.75, 3.05) is 0 Å². The molecule has 0 aliphatic heterocycles. The summed E-state index contributed by atoms with van der Waals surface area (Å²) in [6.07, 6.45) is 2.59. The van der Waals surface area contributed by atoms with E-state index in [1.165, 1.54) is 0 Å². The Bertz CT molecular complexity index is 534. The second kappa shape index (κ2) is 4.93. The predicted molar refractivity (Wildman–Crippen MR) is 63.7 cm³/mol. The van der Waals surface area contributed by atoms with Gasteiger partial charge in [0.25, 0.3) is 0 Å². The molecule has 4 nitrogen and oxygen atoms in total. The van der Waals surface area contributed by atoms with Gasteiger partial charge in [0.2, 0.25) is 0 Å². The van der Waals surface area contributed by atoms with E-state index in [9.17, 15) is 9.90 Å². The average molecular weight is 231 g/mol. The quantitative estimate of drug-likeness (QED) is 0.647. The Morgan fingerprint density at radius 2 is 2.29 bits per heavy atom. The van der Waals surface area contributed by atoms with E-state index in [0.717, 1.165) is 10.8 Å². The summed E-state index contributed by atoms with van der Waals surface area (Å²) >= 11 is 0. The van der Waals surface area contributed by atoms with Crippen molar-refractivity contribution in [3.8, 4) is 5.75 Å². The number of hydrogen-bond acceptors (Lipinski definition) is 4. The molecule has 0 radical (unpaired) electrons. The number of rotatable bonds is 3. The van der Waals surface area contributed by atoms with Gasteiger partial charge < -0.3 is 9.84 Å². The van der Waals surface area contributed by atoms with E-state index in [1.807, 2.05) is 6.07 Å². The number of pyridine rings is 1. The normalized spacial score (nSPS) is 12.4. The number of hydrogen-bond donors (Lipinski definition) is 1. The Morgan fingerprint density at radius 1 is 1.47 bits per heavy atom. The third-order valence-electron chi connectivity index (χ3n) is 2.51. The lowest BCUT2D eigenvalue weighted by Gasteiger charge is -2.10. The summed E-state index contributed by atoms with van der Waals surface area (Å²) in [7, 11) is 0. The van der Waals surface area contributed by atoms with Crippen LogP contribution in [0.4, 0.5) is 0 Å². The molecular formula is C13H13NO3. The number of aromatic nitrogens is 1. The van der Waals surface area contributed by atoms with Crippen molar-refractivity contribution in [1.29, 1.82) is 0 Å². The molecule has 1 unspecified atom stereocenters. The predicted octanol–water partition coefficient (Wildman–Crippen LogP) is 1.91. The number of aliphatic hydroxyl groups is 1.